The smallest absolute Gasteiger partial charge is 0.00513 e. The number of rotatable bonds is 0. The maximum absolute atomic E-state index is 2.73. The van der Waals surface area contributed by atoms with Crippen LogP contribution < -0.4 is 0 Å². The monoisotopic (exact) mass is 86.0 g/mol. The molecule has 0 spiro atoms. The molecule has 2 atom stereocenters. The molecule has 0 saturated heterocycles. The highest BCUT2D eigenvalue weighted by molar-refractivity contribution is 7.18. The summed E-state index contributed by atoms with van der Waals surface area (Å²) < 4.78 is 0. The van der Waals surface area contributed by atoms with Gasteiger partial charge in [0, 0.05) is 0 Å². The van der Waals surface area contributed by atoms with Gasteiger partial charge in [-0.25, -0.2) is 0 Å². The normalized spacial score (nSPS) is 33.4. The van der Waals surface area contributed by atoms with Crippen LogP contribution in [0.3, 0.4) is 0 Å². The summed E-state index contributed by atoms with van der Waals surface area (Å²) in [6, 6.07) is 0. The lowest BCUT2D eigenvalue weighted by Gasteiger charge is -2.07. The van der Waals surface area contributed by atoms with Crippen molar-refractivity contribution in [2.45, 2.75) is 12.1 Å². The second-order valence-electron chi connectivity index (χ2n) is 1.33. The zero-order chi connectivity index (χ0) is 3.70. The second kappa shape index (κ2) is 1.10. The Kier molecular flexibility index (Phi) is 0.740. The van der Waals surface area contributed by atoms with Crippen molar-refractivity contribution in [2.75, 3.05) is 0 Å². The van der Waals surface area contributed by atoms with Crippen molar-refractivity contribution >= 4 is 9.24 Å². The van der Waals surface area contributed by atoms with E-state index >= 15 is 0 Å². The van der Waals surface area contributed by atoms with Gasteiger partial charge in [-0.2, -0.15) is 0 Å². The summed E-state index contributed by atoms with van der Waals surface area (Å²) in [5.41, 5.74) is 0.801. The molecular formula is C4H7P. The Morgan fingerprint density at radius 3 is 2.20 bits per heavy atom. The highest BCUT2D eigenvalue weighted by atomic mass is 31.0. The van der Waals surface area contributed by atoms with Gasteiger partial charge in [-0.05, 0) is 12.1 Å². The molecule has 0 bridgehead atoms. The molecule has 0 aromatic heterocycles. The fraction of sp³-hybridized carbons (Fsp3) is 0.500. The molecule has 0 saturated carbocycles. The Labute approximate surface area is 34.5 Å². The summed E-state index contributed by atoms with van der Waals surface area (Å²) in [5.74, 6) is 0. The summed E-state index contributed by atoms with van der Waals surface area (Å²) in [5, 5.41) is 0. The third-order valence-electron chi connectivity index (χ3n) is 0.792. The van der Waals surface area contributed by atoms with Crippen molar-refractivity contribution in [3.05, 3.63) is 12.2 Å². The van der Waals surface area contributed by atoms with E-state index in [9.17, 15) is 0 Å². The largest absolute Gasteiger partial charge is 0.130 e. The van der Waals surface area contributed by atoms with Crippen LogP contribution in [-0.2, 0) is 0 Å². The first-order valence-corrected chi connectivity index (χ1v) is 2.48. The van der Waals surface area contributed by atoms with Crippen LogP contribution in [0.2, 0.25) is 0 Å². The Morgan fingerprint density at radius 2 is 2.20 bits per heavy atom. The van der Waals surface area contributed by atoms with E-state index in [0.29, 0.717) is 0 Å². The zero-order valence-electron chi connectivity index (χ0n) is 3.02. The molecule has 0 N–H and O–H groups in total. The molecule has 0 aliphatic heterocycles. The van der Waals surface area contributed by atoms with Crippen LogP contribution >= 0.6 is 9.24 Å². The van der Waals surface area contributed by atoms with Gasteiger partial charge < -0.3 is 0 Å². The molecule has 1 heteroatoms. The SMILES string of the molecule is PC1C=CC1. The fourth-order valence-electron chi connectivity index (χ4n) is 0.293. The van der Waals surface area contributed by atoms with E-state index in [-0.39, 0.29) is 0 Å². The van der Waals surface area contributed by atoms with E-state index in [1.165, 1.54) is 6.42 Å². The topological polar surface area (TPSA) is 0 Å². The molecule has 1 aliphatic carbocycles. The molecule has 0 aromatic rings. The third-order valence-corrected chi connectivity index (χ3v) is 1.29. The summed E-state index contributed by atoms with van der Waals surface area (Å²) in [6.45, 7) is 0. The van der Waals surface area contributed by atoms with Gasteiger partial charge in [0.2, 0.25) is 0 Å². The van der Waals surface area contributed by atoms with Crippen LogP contribution in [0.1, 0.15) is 6.42 Å². The first kappa shape index (κ1) is 3.36. The van der Waals surface area contributed by atoms with Crippen LogP contribution in [-0.4, -0.2) is 5.66 Å². The van der Waals surface area contributed by atoms with Gasteiger partial charge in [-0.3, -0.25) is 0 Å². The van der Waals surface area contributed by atoms with Gasteiger partial charge in [-0.1, -0.05) is 12.2 Å². The summed E-state index contributed by atoms with van der Waals surface area (Å²) in [4.78, 5) is 0. The Bertz CT molecular complexity index is 56.7. The lowest BCUT2D eigenvalue weighted by Crippen LogP contribution is -1.96. The molecule has 28 valence electrons. The predicted octanol–water partition coefficient (Wildman–Crippen LogP) is 1.19. The van der Waals surface area contributed by atoms with Crippen molar-refractivity contribution in [2.24, 2.45) is 0 Å². The maximum atomic E-state index is 2.73. The van der Waals surface area contributed by atoms with E-state index in [0.717, 1.165) is 5.66 Å². The van der Waals surface area contributed by atoms with E-state index in [1.54, 1.807) is 0 Å². The van der Waals surface area contributed by atoms with Crippen LogP contribution in [0.4, 0.5) is 0 Å². The maximum Gasteiger partial charge on any atom is -0.00513 e. The molecule has 0 amide bonds. The summed E-state index contributed by atoms with van der Waals surface area (Å²) in [7, 11) is 2.73. The standard InChI is InChI=1S/C4H7P/c5-4-2-1-3-4/h1-2,4H,3,5H2. The molecule has 1 rings (SSSR count). The van der Waals surface area contributed by atoms with Crippen molar-refractivity contribution < 1.29 is 0 Å². The number of hydrogen-bond acceptors (Lipinski definition) is 0. The van der Waals surface area contributed by atoms with Gasteiger partial charge in [0.25, 0.3) is 0 Å². The Morgan fingerprint density at radius 1 is 1.80 bits per heavy atom. The number of allylic oxidation sites excluding steroid dienone is 2. The molecule has 5 heavy (non-hydrogen) atoms. The van der Waals surface area contributed by atoms with Gasteiger partial charge >= 0.3 is 0 Å². The van der Waals surface area contributed by atoms with Crippen LogP contribution in [0.15, 0.2) is 12.2 Å². The molecule has 1 aliphatic rings. The van der Waals surface area contributed by atoms with Crippen LogP contribution in [0, 0.1) is 0 Å². The quantitative estimate of drug-likeness (QED) is 0.307. The van der Waals surface area contributed by atoms with Crippen molar-refractivity contribution in [3.63, 3.8) is 0 Å². The highest BCUT2D eigenvalue weighted by Crippen LogP contribution is 2.15. The van der Waals surface area contributed by atoms with E-state index in [2.05, 4.69) is 21.4 Å². The minimum absolute atomic E-state index is 0.801. The van der Waals surface area contributed by atoms with E-state index in [4.69, 9.17) is 0 Å². The third kappa shape index (κ3) is 0.516. The average molecular weight is 86.1 g/mol. The van der Waals surface area contributed by atoms with Crippen molar-refractivity contribution in [1.29, 1.82) is 0 Å². The lowest BCUT2D eigenvalue weighted by atomic mass is 10.1. The molecule has 0 fully saturated rings. The molecule has 0 aromatic carbocycles. The number of hydrogen-bond donors (Lipinski definition) is 0. The fourth-order valence-corrected chi connectivity index (χ4v) is 0.607. The zero-order valence-corrected chi connectivity index (χ0v) is 4.17. The predicted molar refractivity (Wildman–Crippen MR) is 27.3 cm³/mol. The highest BCUT2D eigenvalue weighted by Gasteiger charge is 1.98. The van der Waals surface area contributed by atoms with Crippen LogP contribution in [0.25, 0.3) is 0 Å². The van der Waals surface area contributed by atoms with Gasteiger partial charge in [0.05, 0.1) is 0 Å². The van der Waals surface area contributed by atoms with E-state index in [1.807, 2.05) is 0 Å². The van der Waals surface area contributed by atoms with Gasteiger partial charge in [0.1, 0.15) is 0 Å². The second-order valence-corrected chi connectivity index (χ2v) is 2.18. The minimum atomic E-state index is 0.801. The first-order valence-electron chi connectivity index (χ1n) is 1.82. The molecule has 0 radical (unpaired) electrons. The average Bonchev–Trinajstić information content (AvgIpc) is 1.30. The molecule has 2 unspecified atom stereocenters. The Balaban J connectivity index is 2.39. The molecule has 0 nitrogen and oxygen atoms in total. The van der Waals surface area contributed by atoms with Crippen molar-refractivity contribution in [3.8, 4) is 0 Å². The van der Waals surface area contributed by atoms with Crippen LogP contribution in [0.5, 0.6) is 0 Å². The molecular weight excluding hydrogens is 79.0 g/mol. The molecule has 0 heterocycles. The van der Waals surface area contributed by atoms with Gasteiger partial charge in [0.15, 0.2) is 0 Å². The van der Waals surface area contributed by atoms with Crippen molar-refractivity contribution in [1.82, 2.24) is 0 Å². The Hall–Kier alpha value is 0.170. The first-order chi connectivity index (χ1) is 2.39. The summed E-state index contributed by atoms with van der Waals surface area (Å²) in [6.07, 6.45) is 5.63. The summed E-state index contributed by atoms with van der Waals surface area (Å²) >= 11 is 0. The lowest BCUT2D eigenvalue weighted by molar-refractivity contribution is 0.985. The van der Waals surface area contributed by atoms with E-state index < -0.39 is 0 Å². The van der Waals surface area contributed by atoms with Gasteiger partial charge in [-0.15, -0.1) is 9.24 Å². The minimum Gasteiger partial charge on any atom is -0.130 e.